The molecule has 1 fully saturated rings. The third-order valence-electron chi connectivity index (χ3n) is 4.23. The molecule has 1 aliphatic heterocycles. The van der Waals surface area contributed by atoms with Crippen molar-refractivity contribution in [2.75, 3.05) is 13.1 Å². The van der Waals surface area contributed by atoms with Crippen LogP contribution in [0.25, 0.3) is 11.0 Å². The summed E-state index contributed by atoms with van der Waals surface area (Å²) in [4.78, 5) is 2.48. The highest BCUT2D eigenvalue weighted by Gasteiger charge is 2.19. The second-order valence-corrected chi connectivity index (χ2v) is 5.66. The van der Waals surface area contributed by atoms with Crippen molar-refractivity contribution < 1.29 is 4.42 Å². The van der Waals surface area contributed by atoms with Gasteiger partial charge < -0.3 is 10.2 Å². The summed E-state index contributed by atoms with van der Waals surface area (Å²) in [7, 11) is 0. The summed E-state index contributed by atoms with van der Waals surface area (Å²) in [5, 5.41) is 1.17. The molecule has 1 aromatic heterocycles. The maximum absolute atomic E-state index is 6.00. The zero-order valence-corrected chi connectivity index (χ0v) is 11.6. The molecule has 19 heavy (non-hydrogen) atoms. The van der Waals surface area contributed by atoms with E-state index in [1.54, 1.807) is 0 Å². The molecule has 2 heterocycles. The van der Waals surface area contributed by atoms with E-state index in [9.17, 15) is 0 Å². The van der Waals surface area contributed by atoms with Crippen LogP contribution in [0.5, 0.6) is 0 Å². The Morgan fingerprint density at radius 2 is 2.00 bits per heavy atom. The fraction of sp³-hybridized carbons (Fsp3) is 0.500. The summed E-state index contributed by atoms with van der Waals surface area (Å²) in [5.74, 6) is 1.92. The lowest BCUT2D eigenvalue weighted by atomic mass is 9.99. The van der Waals surface area contributed by atoms with Gasteiger partial charge in [-0.25, -0.2) is 0 Å². The topological polar surface area (TPSA) is 42.4 Å². The number of nitrogens with zero attached hydrogens (tertiary/aromatic N) is 1. The van der Waals surface area contributed by atoms with Gasteiger partial charge in [-0.15, -0.1) is 0 Å². The van der Waals surface area contributed by atoms with Crippen molar-refractivity contribution in [1.29, 1.82) is 0 Å². The molecule has 1 saturated heterocycles. The van der Waals surface area contributed by atoms with Crippen LogP contribution >= 0.6 is 0 Å². The molecule has 0 spiro atoms. The summed E-state index contributed by atoms with van der Waals surface area (Å²) in [6.07, 6.45) is 2.58. The molecule has 0 amide bonds. The fourth-order valence-corrected chi connectivity index (χ4v) is 2.92. The summed E-state index contributed by atoms with van der Waals surface area (Å²) in [6, 6.07) is 8.18. The molecule has 3 nitrogen and oxygen atoms in total. The average molecular weight is 258 g/mol. The van der Waals surface area contributed by atoms with E-state index in [4.69, 9.17) is 10.2 Å². The van der Waals surface area contributed by atoms with Gasteiger partial charge in [0.1, 0.15) is 11.3 Å². The van der Waals surface area contributed by atoms with Gasteiger partial charge in [0.25, 0.3) is 0 Å². The number of hydrogen-bond donors (Lipinski definition) is 1. The zero-order valence-electron chi connectivity index (χ0n) is 11.6. The normalized spacial score (nSPS) is 18.2. The molecule has 0 bridgehead atoms. The maximum Gasteiger partial charge on any atom is 0.134 e. The third kappa shape index (κ3) is 2.53. The highest BCUT2D eigenvalue weighted by molar-refractivity contribution is 5.82. The first-order valence-corrected chi connectivity index (χ1v) is 7.19. The molecule has 1 aliphatic rings. The number of hydrogen-bond acceptors (Lipinski definition) is 3. The Hall–Kier alpha value is -1.32. The standard InChI is InChI=1S/C16H22N2O/c1-12-6-8-18(9-7-12)11-16-14(10-17)13-4-2-3-5-15(13)19-16/h2-5,12H,6-11,17H2,1H3. The lowest BCUT2D eigenvalue weighted by Gasteiger charge is -2.29. The molecule has 0 radical (unpaired) electrons. The van der Waals surface area contributed by atoms with Gasteiger partial charge in [-0.2, -0.15) is 0 Å². The van der Waals surface area contributed by atoms with E-state index in [0.717, 1.165) is 23.8 Å². The smallest absolute Gasteiger partial charge is 0.134 e. The molecule has 0 atom stereocenters. The molecule has 3 heteroatoms. The largest absolute Gasteiger partial charge is 0.459 e. The maximum atomic E-state index is 6.00. The van der Waals surface area contributed by atoms with Crippen molar-refractivity contribution in [3.05, 3.63) is 35.6 Å². The first kappa shape index (κ1) is 12.7. The quantitative estimate of drug-likeness (QED) is 0.919. The van der Waals surface area contributed by atoms with Crippen LogP contribution in [-0.2, 0) is 13.1 Å². The average Bonchev–Trinajstić information content (AvgIpc) is 2.78. The molecule has 0 saturated carbocycles. The summed E-state index contributed by atoms with van der Waals surface area (Å²) in [5.41, 5.74) is 8.05. The van der Waals surface area contributed by atoms with Gasteiger partial charge in [0.05, 0.1) is 6.54 Å². The molecular weight excluding hydrogens is 236 g/mol. The highest BCUT2D eigenvalue weighted by Crippen LogP contribution is 2.27. The number of fused-ring (bicyclic) bond motifs is 1. The first-order chi connectivity index (χ1) is 9.28. The number of likely N-dealkylation sites (tertiary alicyclic amines) is 1. The SMILES string of the molecule is CC1CCN(Cc2oc3ccccc3c2CN)CC1. The number of piperidine rings is 1. The number of nitrogens with two attached hydrogens (primary N) is 1. The van der Waals surface area contributed by atoms with E-state index in [2.05, 4.69) is 17.9 Å². The van der Waals surface area contributed by atoms with E-state index < -0.39 is 0 Å². The predicted molar refractivity (Wildman–Crippen MR) is 77.8 cm³/mol. The van der Waals surface area contributed by atoms with Crippen LogP contribution in [0.4, 0.5) is 0 Å². The van der Waals surface area contributed by atoms with Crippen LogP contribution in [0.2, 0.25) is 0 Å². The number of rotatable bonds is 3. The molecule has 2 aromatic rings. The van der Waals surface area contributed by atoms with Gasteiger partial charge in [0.15, 0.2) is 0 Å². The Kier molecular flexibility index (Phi) is 3.58. The second kappa shape index (κ2) is 5.35. The predicted octanol–water partition coefficient (Wildman–Crippen LogP) is 3.12. The van der Waals surface area contributed by atoms with Crippen LogP contribution < -0.4 is 5.73 Å². The van der Waals surface area contributed by atoms with Crippen molar-refractivity contribution in [1.82, 2.24) is 4.90 Å². The highest BCUT2D eigenvalue weighted by atomic mass is 16.3. The molecular formula is C16H22N2O. The van der Waals surface area contributed by atoms with E-state index in [1.165, 1.54) is 36.9 Å². The van der Waals surface area contributed by atoms with E-state index in [1.807, 2.05) is 18.2 Å². The zero-order chi connectivity index (χ0) is 13.2. The van der Waals surface area contributed by atoms with Crippen LogP contribution in [0, 0.1) is 5.92 Å². The van der Waals surface area contributed by atoms with Gasteiger partial charge in [-0.1, -0.05) is 25.1 Å². The molecule has 1 aromatic carbocycles. The molecule has 3 rings (SSSR count). The minimum Gasteiger partial charge on any atom is -0.459 e. The summed E-state index contributed by atoms with van der Waals surface area (Å²) in [6.45, 7) is 6.12. The number of furan rings is 1. The Labute approximate surface area is 114 Å². The van der Waals surface area contributed by atoms with Gasteiger partial charge in [-0.3, -0.25) is 4.90 Å². The molecule has 0 aliphatic carbocycles. The first-order valence-electron chi connectivity index (χ1n) is 7.19. The third-order valence-corrected chi connectivity index (χ3v) is 4.23. The Bertz CT molecular complexity index is 553. The minimum atomic E-state index is 0.552. The van der Waals surface area contributed by atoms with Crippen molar-refractivity contribution in [2.45, 2.75) is 32.9 Å². The molecule has 2 N–H and O–H groups in total. The van der Waals surface area contributed by atoms with E-state index >= 15 is 0 Å². The van der Waals surface area contributed by atoms with Crippen LogP contribution in [0.15, 0.2) is 28.7 Å². The van der Waals surface area contributed by atoms with Gasteiger partial charge in [-0.05, 0) is 37.9 Å². The second-order valence-electron chi connectivity index (χ2n) is 5.66. The lowest BCUT2D eigenvalue weighted by molar-refractivity contribution is 0.174. The van der Waals surface area contributed by atoms with E-state index in [-0.39, 0.29) is 0 Å². The van der Waals surface area contributed by atoms with Gasteiger partial charge in [0.2, 0.25) is 0 Å². The van der Waals surface area contributed by atoms with Crippen molar-refractivity contribution in [2.24, 2.45) is 11.7 Å². The Balaban J connectivity index is 1.84. The van der Waals surface area contributed by atoms with Crippen LogP contribution in [0.1, 0.15) is 31.1 Å². The summed E-state index contributed by atoms with van der Waals surface area (Å²) < 4.78 is 6.00. The Morgan fingerprint density at radius 3 is 2.74 bits per heavy atom. The minimum absolute atomic E-state index is 0.552. The molecule has 102 valence electrons. The van der Waals surface area contributed by atoms with Crippen molar-refractivity contribution >= 4 is 11.0 Å². The van der Waals surface area contributed by atoms with Crippen molar-refractivity contribution in [3.63, 3.8) is 0 Å². The van der Waals surface area contributed by atoms with Crippen LogP contribution in [0.3, 0.4) is 0 Å². The van der Waals surface area contributed by atoms with E-state index in [0.29, 0.717) is 6.54 Å². The molecule has 0 unspecified atom stereocenters. The van der Waals surface area contributed by atoms with Crippen LogP contribution in [-0.4, -0.2) is 18.0 Å². The number of benzene rings is 1. The van der Waals surface area contributed by atoms with Gasteiger partial charge >= 0.3 is 0 Å². The van der Waals surface area contributed by atoms with Gasteiger partial charge in [0, 0.05) is 17.5 Å². The summed E-state index contributed by atoms with van der Waals surface area (Å²) >= 11 is 0. The monoisotopic (exact) mass is 258 g/mol. The fourth-order valence-electron chi connectivity index (χ4n) is 2.92. The van der Waals surface area contributed by atoms with Crippen molar-refractivity contribution in [3.8, 4) is 0 Å². The lowest BCUT2D eigenvalue weighted by Crippen LogP contribution is -2.32. The Morgan fingerprint density at radius 1 is 1.26 bits per heavy atom. The number of para-hydroxylation sites is 1.